The molecule has 0 spiro atoms. The zero-order valence-electron chi connectivity index (χ0n) is 10.2. The van der Waals surface area contributed by atoms with E-state index in [1.807, 2.05) is 25.3 Å². The summed E-state index contributed by atoms with van der Waals surface area (Å²) in [6, 6.07) is 3.86. The third-order valence-electron chi connectivity index (χ3n) is 2.89. The van der Waals surface area contributed by atoms with Crippen LogP contribution in [0.1, 0.15) is 23.7 Å². The van der Waals surface area contributed by atoms with Gasteiger partial charge in [0.1, 0.15) is 13.2 Å². The molecule has 2 rings (SSSR count). The molecule has 1 atom stereocenters. The summed E-state index contributed by atoms with van der Waals surface area (Å²) in [7, 11) is 0. The molecule has 1 heterocycles. The van der Waals surface area contributed by atoms with Crippen molar-refractivity contribution in [3.63, 3.8) is 0 Å². The van der Waals surface area contributed by atoms with Gasteiger partial charge in [0.15, 0.2) is 11.5 Å². The van der Waals surface area contributed by atoms with E-state index in [-0.39, 0.29) is 0 Å². The third kappa shape index (κ3) is 2.87. The van der Waals surface area contributed by atoms with E-state index in [2.05, 4.69) is 0 Å². The highest BCUT2D eigenvalue weighted by Crippen LogP contribution is 2.35. The van der Waals surface area contributed by atoms with Gasteiger partial charge in [-0.15, -0.1) is 0 Å². The van der Waals surface area contributed by atoms with Crippen molar-refractivity contribution in [1.29, 1.82) is 0 Å². The van der Waals surface area contributed by atoms with Gasteiger partial charge < -0.3 is 14.6 Å². The SMILES string of the molecule is CSCCC(O)c1cc2c(cc1C)OCCO2. The second-order valence-electron chi connectivity index (χ2n) is 4.15. The molecule has 3 nitrogen and oxygen atoms in total. The molecule has 1 aromatic carbocycles. The topological polar surface area (TPSA) is 38.7 Å². The monoisotopic (exact) mass is 254 g/mol. The lowest BCUT2D eigenvalue weighted by molar-refractivity contribution is 0.162. The summed E-state index contributed by atoms with van der Waals surface area (Å²) >= 11 is 1.74. The number of hydrogen-bond donors (Lipinski definition) is 1. The fourth-order valence-electron chi connectivity index (χ4n) is 1.95. The third-order valence-corrected chi connectivity index (χ3v) is 3.53. The van der Waals surface area contributed by atoms with Gasteiger partial charge in [-0.25, -0.2) is 0 Å². The van der Waals surface area contributed by atoms with E-state index >= 15 is 0 Å². The highest BCUT2D eigenvalue weighted by Gasteiger charge is 2.17. The number of aryl methyl sites for hydroxylation is 1. The highest BCUT2D eigenvalue weighted by atomic mass is 32.2. The lowest BCUT2D eigenvalue weighted by Gasteiger charge is -2.22. The minimum atomic E-state index is -0.418. The molecular weight excluding hydrogens is 236 g/mol. The highest BCUT2D eigenvalue weighted by molar-refractivity contribution is 7.98. The zero-order chi connectivity index (χ0) is 12.3. The second-order valence-corrected chi connectivity index (χ2v) is 5.14. The van der Waals surface area contributed by atoms with Gasteiger partial charge in [-0.1, -0.05) is 0 Å². The number of fused-ring (bicyclic) bond motifs is 1. The standard InChI is InChI=1S/C13H18O3S/c1-9-7-12-13(16-5-4-15-12)8-10(9)11(14)3-6-17-2/h7-8,11,14H,3-6H2,1-2H3. The maximum Gasteiger partial charge on any atom is 0.161 e. The molecule has 0 aliphatic carbocycles. The first-order valence-corrected chi connectivity index (χ1v) is 7.19. The van der Waals surface area contributed by atoms with Gasteiger partial charge >= 0.3 is 0 Å². The molecule has 0 bridgehead atoms. The number of ether oxygens (including phenoxy) is 2. The number of aliphatic hydroxyl groups is 1. The number of benzene rings is 1. The Labute approximate surface area is 106 Å². The molecule has 0 saturated carbocycles. The van der Waals surface area contributed by atoms with Gasteiger partial charge in [0, 0.05) is 0 Å². The van der Waals surface area contributed by atoms with E-state index in [4.69, 9.17) is 9.47 Å². The van der Waals surface area contributed by atoms with Crippen molar-refractivity contribution in [2.24, 2.45) is 0 Å². The van der Waals surface area contributed by atoms with Crippen LogP contribution in [0, 0.1) is 6.92 Å². The van der Waals surface area contributed by atoms with Crippen LogP contribution >= 0.6 is 11.8 Å². The first kappa shape index (κ1) is 12.6. The predicted molar refractivity (Wildman–Crippen MR) is 70.1 cm³/mol. The van der Waals surface area contributed by atoms with Gasteiger partial charge in [-0.3, -0.25) is 0 Å². The first-order valence-electron chi connectivity index (χ1n) is 5.79. The zero-order valence-corrected chi connectivity index (χ0v) is 11.0. The van der Waals surface area contributed by atoms with Crippen LogP contribution in [-0.2, 0) is 0 Å². The van der Waals surface area contributed by atoms with Crippen LogP contribution < -0.4 is 9.47 Å². The molecule has 1 aliphatic rings. The Hall–Kier alpha value is -0.870. The molecule has 1 unspecified atom stereocenters. The number of thioether (sulfide) groups is 1. The number of aliphatic hydroxyl groups excluding tert-OH is 1. The predicted octanol–water partition coefficient (Wildman–Crippen LogP) is 2.55. The summed E-state index contributed by atoms with van der Waals surface area (Å²) in [4.78, 5) is 0. The molecular formula is C13H18O3S. The lowest BCUT2D eigenvalue weighted by Crippen LogP contribution is -2.16. The normalized spacial score (nSPS) is 15.7. The Morgan fingerprint density at radius 1 is 1.29 bits per heavy atom. The Balaban J connectivity index is 2.22. The fraction of sp³-hybridized carbons (Fsp3) is 0.538. The van der Waals surface area contributed by atoms with Crippen molar-refractivity contribution in [3.8, 4) is 11.5 Å². The van der Waals surface area contributed by atoms with E-state index in [0.29, 0.717) is 13.2 Å². The van der Waals surface area contributed by atoms with E-state index in [1.165, 1.54) is 0 Å². The Morgan fingerprint density at radius 3 is 2.59 bits per heavy atom. The van der Waals surface area contributed by atoms with Crippen molar-refractivity contribution < 1.29 is 14.6 Å². The van der Waals surface area contributed by atoms with Gasteiger partial charge in [-0.05, 0) is 48.6 Å². The molecule has 1 aliphatic heterocycles. The van der Waals surface area contributed by atoms with Crippen LogP contribution in [0.5, 0.6) is 11.5 Å². The van der Waals surface area contributed by atoms with Crippen LogP contribution in [0.25, 0.3) is 0 Å². The van der Waals surface area contributed by atoms with Crippen LogP contribution in [0.15, 0.2) is 12.1 Å². The summed E-state index contributed by atoms with van der Waals surface area (Å²) in [6.45, 7) is 3.17. The molecule has 94 valence electrons. The van der Waals surface area contributed by atoms with Crippen LogP contribution in [-0.4, -0.2) is 30.3 Å². The largest absolute Gasteiger partial charge is 0.486 e. The molecule has 0 fully saturated rings. The maximum absolute atomic E-state index is 10.1. The molecule has 1 N–H and O–H groups in total. The van der Waals surface area contributed by atoms with Gasteiger partial charge in [0.25, 0.3) is 0 Å². The Morgan fingerprint density at radius 2 is 1.94 bits per heavy atom. The van der Waals surface area contributed by atoms with Crippen molar-refractivity contribution >= 4 is 11.8 Å². The number of rotatable bonds is 4. The molecule has 0 radical (unpaired) electrons. The maximum atomic E-state index is 10.1. The van der Waals surface area contributed by atoms with E-state index in [1.54, 1.807) is 11.8 Å². The summed E-state index contributed by atoms with van der Waals surface area (Å²) in [5.41, 5.74) is 2.01. The molecule has 0 amide bonds. The molecule has 4 heteroatoms. The molecule has 1 aromatic rings. The average Bonchev–Trinajstić information content (AvgIpc) is 2.35. The summed E-state index contributed by atoms with van der Waals surface area (Å²) in [5, 5.41) is 10.1. The average molecular weight is 254 g/mol. The van der Waals surface area contributed by atoms with Crippen molar-refractivity contribution in [2.75, 3.05) is 25.2 Å². The van der Waals surface area contributed by atoms with Gasteiger partial charge in [0.2, 0.25) is 0 Å². The van der Waals surface area contributed by atoms with Crippen LogP contribution in [0.4, 0.5) is 0 Å². The van der Waals surface area contributed by atoms with E-state index in [9.17, 15) is 5.11 Å². The summed E-state index contributed by atoms with van der Waals surface area (Å²) < 4.78 is 11.0. The minimum Gasteiger partial charge on any atom is -0.486 e. The number of hydrogen-bond acceptors (Lipinski definition) is 4. The quantitative estimate of drug-likeness (QED) is 0.896. The smallest absolute Gasteiger partial charge is 0.161 e. The van der Waals surface area contributed by atoms with E-state index in [0.717, 1.165) is 34.8 Å². The van der Waals surface area contributed by atoms with Crippen LogP contribution in [0.2, 0.25) is 0 Å². The van der Waals surface area contributed by atoms with E-state index < -0.39 is 6.10 Å². The fourth-order valence-corrected chi connectivity index (χ4v) is 2.41. The molecule has 0 aromatic heterocycles. The lowest BCUT2D eigenvalue weighted by atomic mass is 10.0. The van der Waals surface area contributed by atoms with Gasteiger partial charge in [-0.2, -0.15) is 11.8 Å². The van der Waals surface area contributed by atoms with Crippen molar-refractivity contribution in [2.45, 2.75) is 19.4 Å². The minimum absolute atomic E-state index is 0.418. The second kappa shape index (κ2) is 5.65. The van der Waals surface area contributed by atoms with Crippen molar-refractivity contribution in [3.05, 3.63) is 23.3 Å². The Bertz CT molecular complexity index is 392. The van der Waals surface area contributed by atoms with Crippen LogP contribution in [0.3, 0.4) is 0 Å². The van der Waals surface area contributed by atoms with Crippen molar-refractivity contribution in [1.82, 2.24) is 0 Å². The van der Waals surface area contributed by atoms with Gasteiger partial charge in [0.05, 0.1) is 6.10 Å². The molecule has 17 heavy (non-hydrogen) atoms. The first-order chi connectivity index (χ1) is 8.22. The summed E-state index contributed by atoms with van der Waals surface area (Å²) in [6.07, 6.45) is 2.39. The summed E-state index contributed by atoms with van der Waals surface area (Å²) in [5.74, 6) is 2.49. The molecule has 0 saturated heterocycles. The Kier molecular flexibility index (Phi) is 4.18.